The Kier molecular flexibility index (Phi) is 7.89. The molecule has 0 N–H and O–H groups in total. The number of fused-ring (bicyclic) bond motifs is 1. The summed E-state index contributed by atoms with van der Waals surface area (Å²) in [6, 6.07) is 20.8. The zero-order valence-electron chi connectivity index (χ0n) is 20.2. The van der Waals surface area contributed by atoms with Gasteiger partial charge in [-0.05, 0) is 54.8 Å². The molecule has 2 atom stereocenters. The minimum atomic E-state index is -0.472. The van der Waals surface area contributed by atoms with Gasteiger partial charge in [-0.1, -0.05) is 62.9 Å². The summed E-state index contributed by atoms with van der Waals surface area (Å²) in [5, 5.41) is 9.48. The summed E-state index contributed by atoms with van der Waals surface area (Å²) in [6.45, 7) is 4.02. The number of hydrogen-bond acceptors (Lipinski definition) is 5. The van der Waals surface area contributed by atoms with Crippen molar-refractivity contribution in [3.05, 3.63) is 84.4 Å². The van der Waals surface area contributed by atoms with Crippen LogP contribution in [0.5, 0.6) is 0 Å². The van der Waals surface area contributed by atoms with Crippen molar-refractivity contribution in [2.75, 3.05) is 0 Å². The molecule has 0 radical (unpaired) electrons. The Morgan fingerprint density at radius 2 is 1.89 bits per heavy atom. The van der Waals surface area contributed by atoms with Crippen LogP contribution < -0.4 is 0 Å². The lowest BCUT2D eigenvalue weighted by molar-refractivity contribution is -0.153. The maximum Gasteiger partial charge on any atom is 0.329 e. The van der Waals surface area contributed by atoms with E-state index in [2.05, 4.69) is 23.0 Å². The summed E-state index contributed by atoms with van der Waals surface area (Å²) in [7, 11) is 0. The van der Waals surface area contributed by atoms with E-state index in [9.17, 15) is 10.1 Å². The van der Waals surface area contributed by atoms with Crippen LogP contribution in [0.25, 0.3) is 22.2 Å². The number of esters is 1. The van der Waals surface area contributed by atoms with Gasteiger partial charge in [0.25, 0.3) is 0 Å². The van der Waals surface area contributed by atoms with Gasteiger partial charge in [0.05, 0.1) is 34.7 Å². The largest absolute Gasteiger partial charge is 0.455 e. The quantitative estimate of drug-likeness (QED) is 0.190. The fraction of sp³-hybridized carbons (Fsp3) is 0.310. The fourth-order valence-electron chi connectivity index (χ4n) is 4.34. The van der Waals surface area contributed by atoms with Crippen LogP contribution in [-0.4, -0.2) is 20.5 Å². The average Bonchev–Trinajstić information content (AvgIpc) is 3.32. The molecule has 2 heterocycles. The van der Waals surface area contributed by atoms with Crippen LogP contribution in [0.15, 0.2) is 73.2 Å². The summed E-state index contributed by atoms with van der Waals surface area (Å²) >= 11 is 0. The van der Waals surface area contributed by atoms with E-state index in [0.717, 1.165) is 53.5 Å². The van der Waals surface area contributed by atoms with Gasteiger partial charge in [-0.15, -0.1) is 0 Å². The van der Waals surface area contributed by atoms with Gasteiger partial charge < -0.3 is 9.30 Å². The molecule has 6 nitrogen and oxygen atoms in total. The van der Waals surface area contributed by atoms with Gasteiger partial charge in [0.2, 0.25) is 0 Å². The van der Waals surface area contributed by atoms with Gasteiger partial charge >= 0.3 is 5.97 Å². The van der Waals surface area contributed by atoms with Crippen LogP contribution in [0.3, 0.4) is 0 Å². The Bertz CT molecular complexity index is 1320. The number of nitriles is 1. The number of nitrogens with zero attached hydrogens (tertiary/aromatic N) is 4. The van der Waals surface area contributed by atoms with Gasteiger partial charge in [-0.2, -0.15) is 5.26 Å². The summed E-state index contributed by atoms with van der Waals surface area (Å²) in [5.41, 5.74) is 4.77. The lowest BCUT2D eigenvalue weighted by atomic mass is 10.00. The Morgan fingerprint density at radius 3 is 2.66 bits per heavy atom. The van der Waals surface area contributed by atoms with Gasteiger partial charge in [0.15, 0.2) is 0 Å². The van der Waals surface area contributed by atoms with E-state index in [4.69, 9.17) is 4.74 Å². The number of carbonyl (C=O) groups excluding carboxylic acids is 1. The first kappa shape index (κ1) is 24.2. The summed E-state index contributed by atoms with van der Waals surface area (Å²) < 4.78 is 7.79. The molecule has 0 saturated heterocycles. The van der Waals surface area contributed by atoms with Crippen LogP contribution >= 0.6 is 0 Å². The van der Waals surface area contributed by atoms with Crippen LogP contribution in [0, 0.1) is 11.3 Å². The Labute approximate surface area is 206 Å². The van der Waals surface area contributed by atoms with Crippen molar-refractivity contribution in [2.45, 2.75) is 58.1 Å². The number of hydrogen-bond donors (Lipinski definition) is 0. The second-order valence-corrected chi connectivity index (χ2v) is 8.71. The van der Waals surface area contributed by atoms with Crippen LogP contribution in [0.1, 0.15) is 69.4 Å². The van der Waals surface area contributed by atoms with Crippen molar-refractivity contribution < 1.29 is 9.53 Å². The highest BCUT2D eigenvalue weighted by molar-refractivity contribution is 5.85. The second kappa shape index (κ2) is 11.4. The fourth-order valence-corrected chi connectivity index (χ4v) is 4.34. The maximum absolute atomic E-state index is 13.4. The zero-order chi connectivity index (χ0) is 24.6. The lowest BCUT2D eigenvalue weighted by Gasteiger charge is -2.21. The van der Waals surface area contributed by atoms with Gasteiger partial charge in [-0.3, -0.25) is 4.98 Å². The van der Waals surface area contributed by atoms with Gasteiger partial charge in [0.1, 0.15) is 12.1 Å². The molecule has 0 spiro atoms. The standard InChI is InChI=1S/C29H30N4O2/c1-3-4-5-6-14-28(29(34)35-21(2)25-13-9-10-17-31-25)33-20-32-26-18-22(15-16-27(26)33)24-12-8-7-11-23(24)19-30/h7-13,15-18,20-21,28H,3-6,14H2,1-2H3. The number of ether oxygens (including phenoxy) is 1. The predicted molar refractivity (Wildman–Crippen MR) is 136 cm³/mol. The van der Waals surface area contributed by atoms with E-state index < -0.39 is 12.1 Å². The normalized spacial score (nSPS) is 12.7. The SMILES string of the molecule is CCCCCCC(C(=O)OC(C)c1ccccn1)n1cnc2cc(-c3ccccc3C#N)ccc21. The molecule has 178 valence electrons. The summed E-state index contributed by atoms with van der Waals surface area (Å²) in [5.74, 6) is -0.280. The highest BCUT2D eigenvalue weighted by Gasteiger charge is 2.26. The summed E-state index contributed by atoms with van der Waals surface area (Å²) in [4.78, 5) is 22.3. The molecule has 0 aliphatic rings. The molecule has 4 rings (SSSR count). The molecule has 6 heteroatoms. The van der Waals surface area contributed by atoms with Gasteiger partial charge in [-0.25, -0.2) is 9.78 Å². The van der Waals surface area contributed by atoms with E-state index >= 15 is 0 Å². The minimum Gasteiger partial charge on any atom is -0.455 e. The highest BCUT2D eigenvalue weighted by atomic mass is 16.5. The Balaban J connectivity index is 1.63. The monoisotopic (exact) mass is 466 g/mol. The number of aromatic nitrogens is 3. The van der Waals surface area contributed by atoms with Crippen molar-refractivity contribution in [3.8, 4) is 17.2 Å². The van der Waals surface area contributed by atoms with Crippen LogP contribution in [-0.2, 0) is 9.53 Å². The minimum absolute atomic E-state index is 0.280. The maximum atomic E-state index is 13.4. The molecule has 0 aliphatic heterocycles. The van der Waals surface area contributed by atoms with E-state index in [1.807, 2.05) is 72.2 Å². The van der Waals surface area contributed by atoms with Gasteiger partial charge in [0, 0.05) is 6.20 Å². The molecule has 2 aromatic carbocycles. The van der Waals surface area contributed by atoms with E-state index in [-0.39, 0.29) is 5.97 Å². The third kappa shape index (κ3) is 5.58. The van der Waals surface area contributed by atoms with E-state index in [1.165, 1.54) is 0 Å². The summed E-state index contributed by atoms with van der Waals surface area (Å²) in [6.07, 6.45) is 7.93. The molecule has 0 saturated carbocycles. The first-order valence-electron chi connectivity index (χ1n) is 12.2. The molecule has 0 aliphatic carbocycles. The number of carbonyl (C=O) groups is 1. The number of imidazole rings is 1. The highest BCUT2D eigenvalue weighted by Crippen LogP contribution is 2.30. The third-order valence-corrected chi connectivity index (χ3v) is 6.27. The molecule has 0 amide bonds. The predicted octanol–water partition coefficient (Wildman–Crippen LogP) is 6.79. The molecular formula is C29H30N4O2. The van der Waals surface area contributed by atoms with E-state index in [0.29, 0.717) is 12.0 Å². The first-order valence-corrected chi connectivity index (χ1v) is 12.2. The van der Waals surface area contributed by atoms with Crippen LogP contribution in [0.2, 0.25) is 0 Å². The second-order valence-electron chi connectivity index (χ2n) is 8.71. The molecule has 4 aromatic rings. The first-order chi connectivity index (χ1) is 17.1. The van der Waals surface area contributed by atoms with Crippen molar-refractivity contribution in [2.24, 2.45) is 0 Å². The average molecular weight is 467 g/mol. The molecule has 0 fully saturated rings. The lowest BCUT2D eigenvalue weighted by Crippen LogP contribution is -2.23. The smallest absolute Gasteiger partial charge is 0.329 e. The third-order valence-electron chi connectivity index (χ3n) is 6.27. The molecular weight excluding hydrogens is 436 g/mol. The van der Waals surface area contributed by atoms with Crippen molar-refractivity contribution in [3.63, 3.8) is 0 Å². The van der Waals surface area contributed by atoms with E-state index in [1.54, 1.807) is 12.5 Å². The Morgan fingerprint density at radius 1 is 1.06 bits per heavy atom. The molecule has 0 bridgehead atoms. The zero-order valence-corrected chi connectivity index (χ0v) is 20.2. The Hall–Kier alpha value is -3.98. The van der Waals surface area contributed by atoms with Crippen LogP contribution in [0.4, 0.5) is 0 Å². The molecule has 2 unspecified atom stereocenters. The topological polar surface area (TPSA) is 80.8 Å². The number of unbranched alkanes of at least 4 members (excludes halogenated alkanes) is 3. The van der Waals surface area contributed by atoms with Crippen molar-refractivity contribution in [1.29, 1.82) is 5.26 Å². The number of rotatable bonds is 10. The van der Waals surface area contributed by atoms with Crippen molar-refractivity contribution >= 4 is 17.0 Å². The molecule has 2 aromatic heterocycles. The molecule has 35 heavy (non-hydrogen) atoms. The number of pyridine rings is 1. The van der Waals surface area contributed by atoms with Crippen molar-refractivity contribution in [1.82, 2.24) is 14.5 Å². The number of benzene rings is 2.